The van der Waals surface area contributed by atoms with Gasteiger partial charge in [0.15, 0.2) is 11.5 Å². The molecule has 0 saturated heterocycles. The molecule has 2 aromatic heterocycles. The second kappa shape index (κ2) is 8.29. The summed E-state index contributed by atoms with van der Waals surface area (Å²) < 4.78 is 7.82. The zero-order valence-corrected chi connectivity index (χ0v) is 19.3. The van der Waals surface area contributed by atoms with Crippen molar-refractivity contribution in [3.8, 4) is 28.4 Å². The summed E-state index contributed by atoms with van der Waals surface area (Å²) in [6.45, 7) is 2.91. The largest absolute Gasteiger partial charge is 0.494 e. The molecule has 1 spiro atoms. The van der Waals surface area contributed by atoms with Crippen LogP contribution in [0.2, 0.25) is 0 Å². The molecule has 33 heavy (non-hydrogen) atoms. The second-order valence-electron chi connectivity index (χ2n) is 9.58. The van der Waals surface area contributed by atoms with E-state index in [2.05, 4.69) is 43.3 Å². The Hall–Kier alpha value is -3.21. The maximum atomic E-state index is 5.93. The van der Waals surface area contributed by atoms with E-state index in [9.17, 15) is 0 Å². The van der Waals surface area contributed by atoms with Gasteiger partial charge in [0.1, 0.15) is 12.1 Å². The van der Waals surface area contributed by atoms with Crippen molar-refractivity contribution in [2.45, 2.75) is 63.7 Å². The van der Waals surface area contributed by atoms with E-state index in [1.807, 2.05) is 23.0 Å². The van der Waals surface area contributed by atoms with Gasteiger partial charge in [-0.3, -0.25) is 0 Å². The molecule has 2 heterocycles. The molecule has 0 aliphatic heterocycles. The van der Waals surface area contributed by atoms with Gasteiger partial charge in [0, 0.05) is 22.1 Å². The van der Waals surface area contributed by atoms with E-state index in [-0.39, 0.29) is 5.41 Å². The highest BCUT2D eigenvalue weighted by atomic mass is 16.5. The number of fused-ring (bicyclic) bond motifs is 6. The molecular formula is C28H30N4O. The van der Waals surface area contributed by atoms with Crippen LogP contribution in [-0.4, -0.2) is 26.2 Å². The first-order chi connectivity index (χ1) is 16.3. The van der Waals surface area contributed by atoms with E-state index in [4.69, 9.17) is 19.8 Å². The minimum atomic E-state index is 0.104. The number of hydrogen-bond donors (Lipinski definition) is 0. The zero-order chi connectivity index (χ0) is 22.3. The van der Waals surface area contributed by atoms with Gasteiger partial charge in [-0.15, -0.1) is 5.10 Å². The van der Waals surface area contributed by atoms with E-state index in [1.54, 1.807) is 0 Å². The van der Waals surface area contributed by atoms with Crippen molar-refractivity contribution in [3.05, 3.63) is 66.0 Å². The third kappa shape index (κ3) is 3.50. The van der Waals surface area contributed by atoms with Gasteiger partial charge in [-0.2, -0.15) is 0 Å². The van der Waals surface area contributed by atoms with Gasteiger partial charge in [0.2, 0.25) is 0 Å². The van der Waals surface area contributed by atoms with Crippen molar-refractivity contribution in [1.82, 2.24) is 19.6 Å². The Labute approximate surface area is 194 Å². The number of nitrogens with zero attached hydrogens (tertiary/aromatic N) is 4. The Balaban J connectivity index is 1.49. The summed E-state index contributed by atoms with van der Waals surface area (Å²) in [6.07, 6.45) is 11.3. The molecule has 2 aromatic carbocycles. The monoisotopic (exact) mass is 438 g/mol. The van der Waals surface area contributed by atoms with E-state index < -0.39 is 0 Å². The molecule has 1 fully saturated rings. The van der Waals surface area contributed by atoms with Gasteiger partial charge in [0.25, 0.3) is 0 Å². The first kappa shape index (κ1) is 20.4. The summed E-state index contributed by atoms with van der Waals surface area (Å²) in [5.41, 5.74) is 7.12. The quantitative estimate of drug-likeness (QED) is 0.339. The third-order valence-electron chi connectivity index (χ3n) is 7.39. The van der Waals surface area contributed by atoms with Crippen LogP contribution in [0.3, 0.4) is 0 Å². The fourth-order valence-corrected chi connectivity index (χ4v) is 5.75. The molecule has 5 nitrogen and oxygen atoms in total. The fraction of sp³-hybridized carbons (Fsp3) is 0.393. The topological polar surface area (TPSA) is 52.3 Å². The van der Waals surface area contributed by atoms with Crippen LogP contribution in [0.15, 0.2) is 54.9 Å². The minimum absolute atomic E-state index is 0.104. The molecule has 5 heteroatoms. The predicted molar refractivity (Wildman–Crippen MR) is 131 cm³/mol. The lowest BCUT2D eigenvalue weighted by atomic mass is 9.62. The third-order valence-corrected chi connectivity index (χ3v) is 7.39. The maximum absolute atomic E-state index is 5.93. The van der Waals surface area contributed by atoms with Crippen LogP contribution in [-0.2, 0) is 11.8 Å². The van der Waals surface area contributed by atoms with Crippen LogP contribution in [0.5, 0.6) is 5.75 Å². The van der Waals surface area contributed by atoms with Gasteiger partial charge in [-0.1, -0.05) is 69.0 Å². The smallest absolute Gasteiger partial charge is 0.182 e. The second-order valence-corrected chi connectivity index (χ2v) is 9.58. The number of ether oxygens (including phenoxy) is 1. The van der Waals surface area contributed by atoms with Crippen LogP contribution >= 0.6 is 0 Å². The number of rotatable bonds is 5. The zero-order valence-electron chi connectivity index (χ0n) is 19.3. The molecule has 4 aromatic rings. The van der Waals surface area contributed by atoms with Crippen molar-refractivity contribution in [2.75, 3.05) is 6.61 Å². The van der Waals surface area contributed by atoms with Gasteiger partial charge < -0.3 is 4.74 Å². The summed E-state index contributed by atoms with van der Waals surface area (Å²) in [5.74, 6) is 1.61. The summed E-state index contributed by atoms with van der Waals surface area (Å²) in [6, 6.07) is 16.9. The Morgan fingerprint density at radius 3 is 2.79 bits per heavy atom. The van der Waals surface area contributed by atoms with Crippen LogP contribution in [0.1, 0.15) is 63.0 Å². The SMILES string of the molecule is CCCCOc1cccc(-c2nc3c4c(ncn3n2)-c2ccccc2CC42CCCCC2)c1. The molecule has 0 atom stereocenters. The molecule has 0 unspecified atom stereocenters. The molecule has 2 aliphatic rings. The van der Waals surface area contributed by atoms with Crippen LogP contribution in [0.25, 0.3) is 28.3 Å². The van der Waals surface area contributed by atoms with E-state index in [0.29, 0.717) is 0 Å². The molecule has 1 saturated carbocycles. The Kier molecular flexibility index (Phi) is 5.12. The molecule has 0 radical (unpaired) electrons. The summed E-state index contributed by atoms with van der Waals surface area (Å²) >= 11 is 0. The molecule has 6 rings (SSSR count). The van der Waals surface area contributed by atoms with E-state index in [0.717, 1.165) is 54.3 Å². The highest BCUT2D eigenvalue weighted by Gasteiger charge is 2.42. The predicted octanol–water partition coefficient (Wildman–Crippen LogP) is 6.40. The highest BCUT2D eigenvalue weighted by Crippen LogP contribution is 2.51. The van der Waals surface area contributed by atoms with Crippen molar-refractivity contribution >= 4 is 5.65 Å². The van der Waals surface area contributed by atoms with Crippen molar-refractivity contribution < 1.29 is 4.74 Å². The minimum Gasteiger partial charge on any atom is -0.494 e. The molecule has 0 amide bonds. The lowest BCUT2D eigenvalue weighted by Crippen LogP contribution is -2.36. The number of hydrogen-bond acceptors (Lipinski definition) is 4. The Morgan fingerprint density at radius 1 is 1.03 bits per heavy atom. The number of benzene rings is 2. The lowest BCUT2D eigenvalue weighted by molar-refractivity contribution is 0.288. The molecule has 2 aliphatic carbocycles. The van der Waals surface area contributed by atoms with Gasteiger partial charge in [-0.25, -0.2) is 14.5 Å². The Bertz CT molecular complexity index is 1300. The molecular weight excluding hydrogens is 408 g/mol. The van der Waals surface area contributed by atoms with Crippen LogP contribution < -0.4 is 4.74 Å². The molecule has 168 valence electrons. The standard InChI is InChI=1S/C28H30N4O/c1-2-3-16-33-22-12-9-11-20(17-22)26-30-27-24-25(29-19-32(27)31-26)23-13-6-5-10-21(23)18-28(24)14-7-4-8-15-28/h5-6,9-13,17,19H,2-4,7-8,14-16,18H2,1H3. The fourth-order valence-electron chi connectivity index (χ4n) is 5.75. The Morgan fingerprint density at radius 2 is 1.91 bits per heavy atom. The van der Waals surface area contributed by atoms with E-state index >= 15 is 0 Å². The first-order valence-corrected chi connectivity index (χ1v) is 12.3. The normalized spacial score (nSPS) is 16.5. The average Bonchev–Trinajstić information content (AvgIpc) is 3.29. The number of aromatic nitrogens is 4. The molecule has 0 N–H and O–H groups in total. The van der Waals surface area contributed by atoms with Gasteiger partial charge in [-0.05, 0) is 43.4 Å². The van der Waals surface area contributed by atoms with Crippen LogP contribution in [0.4, 0.5) is 0 Å². The summed E-state index contributed by atoms with van der Waals surface area (Å²) in [5, 5.41) is 4.85. The lowest BCUT2D eigenvalue weighted by Gasteiger charge is -2.42. The average molecular weight is 439 g/mol. The first-order valence-electron chi connectivity index (χ1n) is 12.3. The molecule has 0 bridgehead atoms. The van der Waals surface area contributed by atoms with Crippen molar-refractivity contribution in [1.29, 1.82) is 0 Å². The van der Waals surface area contributed by atoms with Crippen LogP contribution in [0, 0.1) is 0 Å². The number of unbranched alkanes of at least 4 members (excludes halogenated alkanes) is 1. The highest BCUT2D eigenvalue weighted by molar-refractivity contribution is 5.78. The van der Waals surface area contributed by atoms with Gasteiger partial charge >= 0.3 is 0 Å². The summed E-state index contributed by atoms with van der Waals surface area (Å²) in [4.78, 5) is 10.1. The summed E-state index contributed by atoms with van der Waals surface area (Å²) in [7, 11) is 0. The van der Waals surface area contributed by atoms with Gasteiger partial charge in [0.05, 0.1) is 12.3 Å². The maximum Gasteiger partial charge on any atom is 0.182 e. The van der Waals surface area contributed by atoms with E-state index in [1.165, 1.54) is 48.8 Å². The van der Waals surface area contributed by atoms with Crippen molar-refractivity contribution in [3.63, 3.8) is 0 Å². The van der Waals surface area contributed by atoms with Crippen molar-refractivity contribution in [2.24, 2.45) is 0 Å².